The number of nitrogens with zero attached hydrogens (tertiary/aromatic N) is 2. The van der Waals surface area contributed by atoms with E-state index in [2.05, 4.69) is 36.5 Å². The molecule has 1 amide bonds. The van der Waals surface area contributed by atoms with Gasteiger partial charge in [0.25, 0.3) is 0 Å². The SMILES string of the molecule is CCn1nccc1CNCC(NC(=O)OC(C)(C)C)C(C)C. The number of aromatic nitrogens is 2. The van der Waals surface area contributed by atoms with Crippen LogP contribution in [-0.2, 0) is 17.8 Å². The fraction of sp³-hybridized carbons (Fsp3) is 0.750. The number of rotatable bonds is 7. The van der Waals surface area contributed by atoms with Crippen molar-refractivity contribution in [3.8, 4) is 0 Å². The second-order valence-electron chi connectivity index (χ2n) is 6.77. The summed E-state index contributed by atoms with van der Waals surface area (Å²) in [4.78, 5) is 11.9. The lowest BCUT2D eigenvalue weighted by Gasteiger charge is -2.26. The van der Waals surface area contributed by atoms with Crippen molar-refractivity contribution in [2.75, 3.05) is 6.54 Å². The smallest absolute Gasteiger partial charge is 0.407 e. The predicted octanol–water partition coefficient (Wildman–Crippen LogP) is 2.54. The van der Waals surface area contributed by atoms with Crippen molar-refractivity contribution < 1.29 is 9.53 Å². The van der Waals surface area contributed by atoms with Gasteiger partial charge in [0.2, 0.25) is 0 Å². The van der Waals surface area contributed by atoms with Gasteiger partial charge in [-0.1, -0.05) is 13.8 Å². The minimum atomic E-state index is -0.479. The van der Waals surface area contributed by atoms with E-state index < -0.39 is 5.60 Å². The molecule has 126 valence electrons. The summed E-state index contributed by atoms with van der Waals surface area (Å²) in [6.45, 7) is 14.1. The molecule has 1 heterocycles. The molecule has 0 spiro atoms. The van der Waals surface area contributed by atoms with E-state index in [0.29, 0.717) is 12.5 Å². The molecule has 0 saturated heterocycles. The molecule has 0 aliphatic heterocycles. The van der Waals surface area contributed by atoms with Crippen LogP contribution in [0.2, 0.25) is 0 Å². The third-order valence-corrected chi connectivity index (χ3v) is 3.28. The van der Waals surface area contributed by atoms with Crippen LogP contribution in [0.25, 0.3) is 0 Å². The lowest BCUT2D eigenvalue weighted by molar-refractivity contribution is 0.0490. The van der Waals surface area contributed by atoms with Crippen molar-refractivity contribution in [2.45, 2.75) is 66.3 Å². The molecule has 1 rings (SSSR count). The van der Waals surface area contributed by atoms with Crippen LogP contribution in [0.3, 0.4) is 0 Å². The number of aryl methyl sites for hydroxylation is 1. The van der Waals surface area contributed by atoms with Crippen LogP contribution < -0.4 is 10.6 Å². The number of amides is 1. The number of alkyl carbamates (subject to hydrolysis) is 1. The number of ether oxygens (including phenoxy) is 1. The Bertz CT molecular complexity index is 463. The average molecular weight is 310 g/mol. The maximum Gasteiger partial charge on any atom is 0.407 e. The molecule has 0 bridgehead atoms. The van der Waals surface area contributed by atoms with Crippen LogP contribution in [0.4, 0.5) is 4.79 Å². The monoisotopic (exact) mass is 310 g/mol. The van der Waals surface area contributed by atoms with Crippen molar-refractivity contribution in [3.63, 3.8) is 0 Å². The second kappa shape index (κ2) is 8.17. The van der Waals surface area contributed by atoms with Crippen LogP contribution in [-0.4, -0.2) is 34.1 Å². The molecule has 2 N–H and O–H groups in total. The van der Waals surface area contributed by atoms with E-state index in [1.54, 1.807) is 6.20 Å². The first-order chi connectivity index (χ1) is 10.2. The molecule has 0 radical (unpaired) electrons. The maximum absolute atomic E-state index is 11.9. The van der Waals surface area contributed by atoms with Crippen LogP contribution in [0, 0.1) is 5.92 Å². The number of carbonyl (C=O) groups excluding carboxylic acids is 1. The van der Waals surface area contributed by atoms with Gasteiger partial charge in [-0.2, -0.15) is 5.10 Å². The van der Waals surface area contributed by atoms with Gasteiger partial charge in [-0.15, -0.1) is 0 Å². The number of carbonyl (C=O) groups is 1. The first kappa shape index (κ1) is 18.5. The summed E-state index contributed by atoms with van der Waals surface area (Å²) in [6, 6.07) is 2.02. The number of nitrogens with one attached hydrogen (secondary N) is 2. The zero-order valence-corrected chi connectivity index (χ0v) is 14.6. The van der Waals surface area contributed by atoms with E-state index in [1.165, 1.54) is 0 Å². The van der Waals surface area contributed by atoms with Gasteiger partial charge in [0, 0.05) is 31.9 Å². The van der Waals surface area contributed by atoms with Gasteiger partial charge in [0.05, 0.1) is 5.69 Å². The standard InChI is InChI=1S/C16H30N4O2/c1-7-20-13(8-9-18-20)10-17-11-14(12(2)3)19-15(21)22-16(4,5)6/h8-9,12,14,17H,7,10-11H2,1-6H3,(H,19,21). The van der Waals surface area contributed by atoms with E-state index in [1.807, 2.05) is 31.5 Å². The fourth-order valence-electron chi connectivity index (χ4n) is 2.06. The molecule has 0 saturated carbocycles. The molecule has 1 aromatic heterocycles. The van der Waals surface area contributed by atoms with Crippen molar-refractivity contribution in [1.82, 2.24) is 20.4 Å². The summed E-state index contributed by atoms with van der Waals surface area (Å²) < 4.78 is 7.27. The Morgan fingerprint density at radius 2 is 2.09 bits per heavy atom. The zero-order chi connectivity index (χ0) is 16.8. The Kier molecular flexibility index (Phi) is 6.87. The lowest BCUT2D eigenvalue weighted by atomic mass is 10.0. The van der Waals surface area contributed by atoms with E-state index in [9.17, 15) is 4.79 Å². The van der Waals surface area contributed by atoms with Gasteiger partial charge in [-0.05, 0) is 39.7 Å². The van der Waals surface area contributed by atoms with Crippen molar-refractivity contribution >= 4 is 6.09 Å². The highest BCUT2D eigenvalue weighted by Gasteiger charge is 2.21. The highest BCUT2D eigenvalue weighted by molar-refractivity contribution is 5.68. The molecule has 22 heavy (non-hydrogen) atoms. The Labute approximate surface area is 133 Å². The molecule has 1 atom stereocenters. The Hall–Kier alpha value is -1.56. The summed E-state index contributed by atoms with van der Waals surface area (Å²) in [5, 5.41) is 10.6. The quantitative estimate of drug-likeness (QED) is 0.812. The summed E-state index contributed by atoms with van der Waals surface area (Å²) >= 11 is 0. The van der Waals surface area contributed by atoms with Crippen LogP contribution in [0.15, 0.2) is 12.3 Å². The van der Waals surface area contributed by atoms with Crippen LogP contribution in [0.1, 0.15) is 47.2 Å². The van der Waals surface area contributed by atoms with Crippen molar-refractivity contribution in [2.24, 2.45) is 5.92 Å². The van der Waals surface area contributed by atoms with Crippen LogP contribution >= 0.6 is 0 Å². The van der Waals surface area contributed by atoms with E-state index >= 15 is 0 Å². The average Bonchev–Trinajstić information content (AvgIpc) is 2.82. The Morgan fingerprint density at radius 1 is 1.41 bits per heavy atom. The molecule has 1 unspecified atom stereocenters. The molecule has 6 heteroatoms. The van der Waals surface area contributed by atoms with Gasteiger partial charge < -0.3 is 15.4 Å². The maximum atomic E-state index is 11.9. The molecule has 0 aliphatic carbocycles. The molecule has 0 aromatic carbocycles. The first-order valence-electron chi connectivity index (χ1n) is 7.94. The number of hydrogen-bond donors (Lipinski definition) is 2. The molecular weight excluding hydrogens is 280 g/mol. The van der Waals surface area contributed by atoms with Gasteiger partial charge >= 0.3 is 6.09 Å². The highest BCUT2D eigenvalue weighted by atomic mass is 16.6. The molecular formula is C16H30N4O2. The number of hydrogen-bond acceptors (Lipinski definition) is 4. The summed E-state index contributed by atoms with van der Waals surface area (Å²) in [6.07, 6.45) is 1.44. The highest BCUT2D eigenvalue weighted by Crippen LogP contribution is 2.08. The third kappa shape index (κ3) is 6.47. The summed E-state index contributed by atoms with van der Waals surface area (Å²) in [7, 11) is 0. The van der Waals surface area contributed by atoms with E-state index in [-0.39, 0.29) is 12.1 Å². The topological polar surface area (TPSA) is 68.2 Å². The Morgan fingerprint density at radius 3 is 2.64 bits per heavy atom. The predicted molar refractivity (Wildman–Crippen MR) is 87.6 cm³/mol. The summed E-state index contributed by atoms with van der Waals surface area (Å²) in [5.74, 6) is 0.316. The van der Waals surface area contributed by atoms with Crippen molar-refractivity contribution in [3.05, 3.63) is 18.0 Å². The lowest BCUT2D eigenvalue weighted by Crippen LogP contribution is -2.47. The first-order valence-corrected chi connectivity index (χ1v) is 7.94. The van der Waals surface area contributed by atoms with Crippen LogP contribution in [0.5, 0.6) is 0 Å². The van der Waals surface area contributed by atoms with E-state index in [0.717, 1.165) is 18.8 Å². The van der Waals surface area contributed by atoms with Crippen molar-refractivity contribution in [1.29, 1.82) is 0 Å². The van der Waals surface area contributed by atoms with Gasteiger partial charge in [0.15, 0.2) is 0 Å². The molecule has 1 aromatic rings. The van der Waals surface area contributed by atoms with Gasteiger partial charge in [0.1, 0.15) is 5.60 Å². The minimum Gasteiger partial charge on any atom is -0.444 e. The largest absolute Gasteiger partial charge is 0.444 e. The van der Waals surface area contributed by atoms with Gasteiger partial charge in [-0.3, -0.25) is 4.68 Å². The zero-order valence-electron chi connectivity index (χ0n) is 14.6. The summed E-state index contributed by atoms with van der Waals surface area (Å²) in [5.41, 5.74) is 0.661. The third-order valence-electron chi connectivity index (χ3n) is 3.28. The van der Waals surface area contributed by atoms with Gasteiger partial charge in [-0.25, -0.2) is 4.79 Å². The minimum absolute atomic E-state index is 0.0212. The van der Waals surface area contributed by atoms with E-state index in [4.69, 9.17) is 4.74 Å². The fourth-order valence-corrected chi connectivity index (χ4v) is 2.06. The second-order valence-corrected chi connectivity index (χ2v) is 6.77. The Balaban J connectivity index is 2.46. The normalized spacial score (nSPS) is 13.2. The molecule has 6 nitrogen and oxygen atoms in total. The molecule has 0 aliphatic rings. The molecule has 0 fully saturated rings.